The zero-order valence-corrected chi connectivity index (χ0v) is 10.7. The lowest BCUT2D eigenvalue weighted by molar-refractivity contribution is 0.102. The fraction of sp³-hybridized carbons (Fsp3) is 0.154. The molecule has 0 aliphatic rings. The first-order chi connectivity index (χ1) is 9.86. The summed E-state index contributed by atoms with van der Waals surface area (Å²) in [7, 11) is 0. The summed E-state index contributed by atoms with van der Waals surface area (Å²) in [6.07, 6.45) is -2.86. The summed E-state index contributed by atoms with van der Waals surface area (Å²) in [6, 6.07) is 3.37. The van der Waals surface area contributed by atoms with E-state index in [0.717, 1.165) is 18.2 Å². The van der Waals surface area contributed by atoms with Crippen molar-refractivity contribution >= 4 is 11.6 Å². The van der Waals surface area contributed by atoms with Crippen molar-refractivity contribution in [3.05, 3.63) is 53.1 Å². The van der Waals surface area contributed by atoms with E-state index in [9.17, 15) is 22.4 Å². The highest BCUT2D eigenvalue weighted by molar-refractivity contribution is 6.02. The van der Waals surface area contributed by atoms with Gasteiger partial charge in [0.05, 0.1) is 5.69 Å². The number of nitrogens with zero attached hydrogens (tertiary/aromatic N) is 2. The van der Waals surface area contributed by atoms with Crippen molar-refractivity contribution in [3.63, 3.8) is 0 Å². The average molecular weight is 299 g/mol. The van der Waals surface area contributed by atoms with Gasteiger partial charge in [-0.05, 0) is 25.1 Å². The molecule has 0 aliphatic heterocycles. The van der Waals surface area contributed by atoms with E-state index < -0.39 is 29.7 Å². The van der Waals surface area contributed by atoms with E-state index in [1.54, 1.807) is 0 Å². The second-order valence-corrected chi connectivity index (χ2v) is 4.10. The van der Waals surface area contributed by atoms with Gasteiger partial charge in [0.2, 0.25) is 0 Å². The predicted octanol–water partition coefficient (Wildman–Crippen LogP) is 3.25. The molecule has 0 bridgehead atoms. The van der Waals surface area contributed by atoms with E-state index >= 15 is 0 Å². The molecule has 1 aromatic heterocycles. The summed E-state index contributed by atoms with van der Waals surface area (Å²) in [5.74, 6) is -2.70. The summed E-state index contributed by atoms with van der Waals surface area (Å²) in [5, 5.41) is 2.13. The number of alkyl halides is 2. The Bertz CT molecular complexity index is 691. The lowest BCUT2D eigenvalue weighted by Gasteiger charge is -2.08. The largest absolute Gasteiger partial charge is 0.318 e. The van der Waals surface area contributed by atoms with Gasteiger partial charge < -0.3 is 5.32 Å². The minimum absolute atomic E-state index is 0.0162. The summed E-state index contributed by atoms with van der Waals surface area (Å²) in [6.45, 7) is 1.35. The van der Waals surface area contributed by atoms with Gasteiger partial charge in [-0.1, -0.05) is 0 Å². The van der Waals surface area contributed by atoms with Crippen molar-refractivity contribution in [1.29, 1.82) is 0 Å². The monoisotopic (exact) mass is 299 g/mol. The van der Waals surface area contributed by atoms with Crippen LogP contribution in [0.1, 0.15) is 28.4 Å². The summed E-state index contributed by atoms with van der Waals surface area (Å²) in [4.78, 5) is 19.1. The Kier molecular flexibility index (Phi) is 4.15. The van der Waals surface area contributed by atoms with Crippen LogP contribution in [0, 0.1) is 18.6 Å². The quantitative estimate of drug-likeness (QED) is 0.885. The van der Waals surface area contributed by atoms with Gasteiger partial charge in [0, 0.05) is 6.07 Å². The molecule has 21 heavy (non-hydrogen) atoms. The molecule has 0 unspecified atom stereocenters. The fourth-order valence-electron chi connectivity index (χ4n) is 1.60. The molecule has 110 valence electrons. The van der Waals surface area contributed by atoms with Gasteiger partial charge in [-0.2, -0.15) is 0 Å². The van der Waals surface area contributed by atoms with Gasteiger partial charge in [-0.3, -0.25) is 4.79 Å². The van der Waals surface area contributed by atoms with Gasteiger partial charge in [-0.25, -0.2) is 27.5 Å². The first-order valence-electron chi connectivity index (χ1n) is 5.77. The molecule has 0 atom stereocenters. The Labute approximate surface area is 116 Å². The number of carbonyl (C=O) groups excluding carboxylic acids is 1. The average Bonchev–Trinajstić information content (AvgIpc) is 2.41. The van der Waals surface area contributed by atoms with E-state index in [2.05, 4.69) is 15.3 Å². The first kappa shape index (κ1) is 14.9. The maximum Gasteiger partial charge on any atom is 0.280 e. The van der Waals surface area contributed by atoms with Crippen LogP contribution in [0.5, 0.6) is 0 Å². The third-order valence-electron chi connectivity index (χ3n) is 2.49. The summed E-state index contributed by atoms with van der Waals surface area (Å²) in [5.41, 5.74) is -1.22. The first-order valence-corrected chi connectivity index (χ1v) is 5.77. The highest BCUT2D eigenvalue weighted by Crippen LogP contribution is 2.19. The van der Waals surface area contributed by atoms with E-state index in [0.29, 0.717) is 6.07 Å². The second-order valence-electron chi connectivity index (χ2n) is 4.10. The highest BCUT2D eigenvalue weighted by atomic mass is 19.3. The van der Waals surface area contributed by atoms with Crippen molar-refractivity contribution in [2.45, 2.75) is 13.3 Å². The highest BCUT2D eigenvalue weighted by Gasteiger charge is 2.17. The molecule has 1 amide bonds. The van der Waals surface area contributed by atoms with E-state index in [-0.39, 0.29) is 17.2 Å². The maximum absolute atomic E-state index is 13.4. The zero-order chi connectivity index (χ0) is 15.6. The number of aryl methyl sites for hydroxylation is 1. The normalized spacial score (nSPS) is 10.8. The molecule has 0 spiro atoms. The number of benzene rings is 1. The van der Waals surface area contributed by atoms with Crippen molar-refractivity contribution in [2.75, 3.05) is 5.32 Å². The van der Waals surface area contributed by atoms with Crippen molar-refractivity contribution in [3.8, 4) is 0 Å². The lowest BCUT2D eigenvalue weighted by Crippen LogP contribution is -2.16. The zero-order valence-electron chi connectivity index (χ0n) is 10.7. The SMILES string of the molecule is Cc1nc(C(=O)Nc2ccc(F)cc2F)cc(C(F)F)n1. The van der Waals surface area contributed by atoms with E-state index in [4.69, 9.17) is 0 Å². The number of halogens is 4. The number of nitrogens with one attached hydrogen (secondary N) is 1. The summed E-state index contributed by atoms with van der Waals surface area (Å²) < 4.78 is 51.4. The molecule has 0 saturated carbocycles. The third-order valence-corrected chi connectivity index (χ3v) is 2.49. The molecule has 8 heteroatoms. The molecule has 0 fully saturated rings. The Hall–Kier alpha value is -2.51. The fourth-order valence-corrected chi connectivity index (χ4v) is 1.60. The molecule has 2 rings (SSSR count). The number of hydrogen-bond donors (Lipinski definition) is 1. The van der Waals surface area contributed by atoms with Crippen LogP contribution in [0.15, 0.2) is 24.3 Å². The Morgan fingerprint density at radius 3 is 2.52 bits per heavy atom. The molecular weight excluding hydrogens is 290 g/mol. The van der Waals surface area contributed by atoms with Crippen LogP contribution in [0.3, 0.4) is 0 Å². The Morgan fingerprint density at radius 2 is 1.90 bits per heavy atom. The molecule has 4 nitrogen and oxygen atoms in total. The molecule has 1 heterocycles. The second kappa shape index (κ2) is 5.86. The smallest absolute Gasteiger partial charge is 0.280 e. The number of rotatable bonds is 3. The Morgan fingerprint density at radius 1 is 1.19 bits per heavy atom. The topological polar surface area (TPSA) is 54.9 Å². The van der Waals surface area contributed by atoms with Crippen LogP contribution in [0.2, 0.25) is 0 Å². The number of carbonyl (C=O) groups is 1. The van der Waals surface area contributed by atoms with Crippen LogP contribution in [0.25, 0.3) is 0 Å². The molecule has 0 radical (unpaired) electrons. The van der Waals surface area contributed by atoms with Crippen molar-refractivity contribution < 1.29 is 22.4 Å². The Balaban J connectivity index is 2.28. The van der Waals surface area contributed by atoms with Crippen molar-refractivity contribution in [1.82, 2.24) is 9.97 Å². The van der Waals surface area contributed by atoms with Gasteiger partial charge in [0.1, 0.15) is 28.8 Å². The van der Waals surface area contributed by atoms with Crippen LogP contribution in [0.4, 0.5) is 23.2 Å². The van der Waals surface area contributed by atoms with E-state index in [1.165, 1.54) is 6.92 Å². The van der Waals surface area contributed by atoms with E-state index in [1.807, 2.05) is 0 Å². The van der Waals surface area contributed by atoms with Gasteiger partial charge in [-0.15, -0.1) is 0 Å². The third kappa shape index (κ3) is 3.53. The molecule has 0 aliphatic carbocycles. The minimum atomic E-state index is -2.86. The molecule has 0 saturated heterocycles. The molecular formula is C13H9F4N3O. The van der Waals surface area contributed by atoms with Crippen molar-refractivity contribution in [2.24, 2.45) is 0 Å². The minimum Gasteiger partial charge on any atom is -0.318 e. The number of aromatic nitrogens is 2. The number of hydrogen-bond acceptors (Lipinski definition) is 3. The van der Waals surface area contributed by atoms with Gasteiger partial charge >= 0.3 is 0 Å². The van der Waals surface area contributed by atoms with Gasteiger partial charge in [0.25, 0.3) is 12.3 Å². The van der Waals surface area contributed by atoms with Gasteiger partial charge in [0.15, 0.2) is 0 Å². The van der Waals surface area contributed by atoms with Crippen LogP contribution in [-0.2, 0) is 0 Å². The molecule has 1 N–H and O–H groups in total. The predicted molar refractivity (Wildman–Crippen MR) is 66.0 cm³/mol. The van der Waals surface area contributed by atoms with Crippen LogP contribution in [-0.4, -0.2) is 15.9 Å². The number of anilines is 1. The standard InChI is InChI=1S/C13H9F4N3O/c1-6-18-10(12(16)17)5-11(19-6)13(21)20-9-3-2-7(14)4-8(9)15/h2-5,12H,1H3,(H,20,21). The molecule has 2 aromatic rings. The maximum atomic E-state index is 13.4. The van der Waals surface area contributed by atoms with Crippen LogP contribution < -0.4 is 5.32 Å². The molecule has 1 aromatic carbocycles. The summed E-state index contributed by atoms with van der Waals surface area (Å²) >= 11 is 0. The number of amides is 1. The lowest BCUT2D eigenvalue weighted by atomic mass is 10.2. The van der Waals surface area contributed by atoms with Crippen LogP contribution >= 0.6 is 0 Å².